The van der Waals surface area contributed by atoms with Crippen molar-refractivity contribution in [1.29, 1.82) is 0 Å². The lowest BCUT2D eigenvalue weighted by atomic mass is 9.99. The number of thiophene rings is 1. The van der Waals surface area contributed by atoms with Gasteiger partial charge in [-0.2, -0.15) is 11.3 Å². The molecule has 0 saturated heterocycles. The highest BCUT2D eigenvalue weighted by Gasteiger charge is 2.15. The third-order valence-corrected chi connectivity index (χ3v) is 4.81. The largest absolute Gasteiger partial charge is 0.313 e. The molecule has 1 unspecified atom stereocenters. The Morgan fingerprint density at radius 3 is 2.67 bits per heavy atom. The number of benzene rings is 1. The molecular weight excluding hydrogens is 285 g/mol. The van der Waals surface area contributed by atoms with Gasteiger partial charge < -0.3 is 5.32 Å². The van der Waals surface area contributed by atoms with Gasteiger partial charge in [-0.05, 0) is 53.9 Å². The van der Waals surface area contributed by atoms with Crippen LogP contribution in [0.2, 0.25) is 10.0 Å². The molecule has 1 aromatic heterocycles. The Hall–Kier alpha value is -0.540. The first kappa shape index (κ1) is 13.9. The molecule has 2 aromatic rings. The Morgan fingerprint density at radius 1 is 1.28 bits per heavy atom. The lowest BCUT2D eigenvalue weighted by molar-refractivity contribution is 0.591. The normalized spacial score (nSPS) is 12.7. The molecule has 0 fully saturated rings. The zero-order chi connectivity index (χ0) is 13.1. The Bertz CT molecular complexity index is 536. The number of hydrogen-bond donors (Lipinski definition) is 1. The van der Waals surface area contributed by atoms with E-state index in [2.05, 4.69) is 23.0 Å². The summed E-state index contributed by atoms with van der Waals surface area (Å²) in [6, 6.07) is 6.06. The van der Waals surface area contributed by atoms with Crippen LogP contribution in [0.15, 0.2) is 29.0 Å². The number of halogens is 2. The molecule has 0 aliphatic heterocycles. The first-order chi connectivity index (χ1) is 8.63. The molecule has 1 heterocycles. The molecule has 0 aliphatic rings. The summed E-state index contributed by atoms with van der Waals surface area (Å²) in [6.45, 7) is 2.13. The van der Waals surface area contributed by atoms with Crippen molar-refractivity contribution in [1.82, 2.24) is 5.32 Å². The predicted molar refractivity (Wildman–Crippen MR) is 81.0 cm³/mol. The molecular formula is C14H15Cl2NS. The second-order valence-electron chi connectivity index (χ2n) is 4.27. The standard InChI is InChI=1S/C14H15Cl2NS/c1-9-7-18-8-11(9)13(17-2)6-10-4-3-5-12(15)14(10)16/h3-5,7-8,13,17H,6H2,1-2H3. The quantitative estimate of drug-likeness (QED) is 0.849. The van der Waals surface area contributed by atoms with Crippen LogP contribution in [-0.2, 0) is 6.42 Å². The highest BCUT2D eigenvalue weighted by Crippen LogP contribution is 2.30. The van der Waals surface area contributed by atoms with Gasteiger partial charge in [-0.3, -0.25) is 0 Å². The lowest BCUT2D eigenvalue weighted by Gasteiger charge is -2.17. The maximum absolute atomic E-state index is 6.24. The summed E-state index contributed by atoms with van der Waals surface area (Å²) >= 11 is 14.0. The molecule has 1 aromatic carbocycles. The average Bonchev–Trinajstić information content (AvgIpc) is 2.77. The molecule has 0 radical (unpaired) electrons. The van der Waals surface area contributed by atoms with Gasteiger partial charge in [-0.15, -0.1) is 0 Å². The van der Waals surface area contributed by atoms with Crippen LogP contribution < -0.4 is 5.32 Å². The Morgan fingerprint density at radius 2 is 2.06 bits per heavy atom. The number of aryl methyl sites for hydroxylation is 1. The van der Waals surface area contributed by atoms with Crippen molar-refractivity contribution in [2.24, 2.45) is 0 Å². The van der Waals surface area contributed by atoms with E-state index in [-0.39, 0.29) is 6.04 Å². The first-order valence-corrected chi connectivity index (χ1v) is 7.46. The summed E-state index contributed by atoms with van der Waals surface area (Å²) in [5.41, 5.74) is 3.73. The van der Waals surface area contributed by atoms with Crippen LogP contribution in [0.25, 0.3) is 0 Å². The second kappa shape index (κ2) is 6.07. The summed E-state index contributed by atoms with van der Waals surface area (Å²) < 4.78 is 0. The Kier molecular flexibility index (Phi) is 4.68. The van der Waals surface area contributed by atoms with E-state index < -0.39 is 0 Å². The lowest BCUT2D eigenvalue weighted by Crippen LogP contribution is -2.19. The molecule has 0 amide bonds. The summed E-state index contributed by atoms with van der Waals surface area (Å²) in [7, 11) is 1.97. The minimum absolute atomic E-state index is 0.271. The Labute approximate surface area is 122 Å². The van der Waals surface area contributed by atoms with E-state index in [0.29, 0.717) is 10.0 Å². The van der Waals surface area contributed by atoms with E-state index in [1.807, 2.05) is 25.2 Å². The number of hydrogen-bond acceptors (Lipinski definition) is 2. The fourth-order valence-corrected chi connectivity index (χ4v) is 3.32. The van der Waals surface area contributed by atoms with E-state index in [1.165, 1.54) is 11.1 Å². The molecule has 18 heavy (non-hydrogen) atoms. The molecule has 1 nitrogen and oxygen atoms in total. The van der Waals surface area contributed by atoms with E-state index in [1.54, 1.807) is 11.3 Å². The van der Waals surface area contributed by atoms with Crippen LogP contribution in [0.4, 0.5) is 0 Å². The summed E-state index contributed by atoms with van der Waals surface area (Å²) in [5, 5.41) is 8.98. The molecule has 96 valence electrons. The molecule has 1 atom stereocenters. The van der Waals surface area contributed by atoms with Crippen LogP contribution in [0.1, 0.15) is 22.7 Å². The van der Waals surface area contributed by atoms with Crippen molar-refractivity contribution >= 4 is 34.5 Å². The smallest absolute Gasteiger partial charge is 0.0624 e. The maximum atomic E-state index is 6.24. The van der Waals surface area contributed by atoms with Gasteiger partial charge in [-0.1, -0.05) is 35.3 Å². The molecule has 0 aliphatic carbocycles. The fraction of sp³-hybridized carbons (Fsp3) is 0.286. The highest BCUT2D eigenvalue weighted by molar-refractivity contribution is 7.08. The van der Waals surface area contributed by atoms with E-state index >= 15 is 0 Å². The van der Waals surface area contributed by atoms with Gasteiger partial charge in [0, 0.05) is 6.04 Å². The molecule has 2 rings (SSSR count). The number of nitrogens with one attached hydrogen (secondary N) is 1. The first-order valence-electron chi connectivity index (χ1n) is 5.76. The topological polar surface area (TPSA) is 12.0 Å². The molecule has 0 saturated carbocycles. The zero-order valence-corrected chi connectivity index (χ0v) is 12.7. The van der Waals surface area contributed by atoms with Crippen molar-refractivity contribution in [3.05, 3.63) is 55.7 Å². The van der Waals surface area contributed by atoms with Gasteiger partial charge in [0.2, 0.25) is 0 Å². The van der Waals surface area contributed by atoms with Crippen LogP contribution in [-0.4, -0.2) is 7.05 Å². The van der Waals surface area contributed by atoms with Gasteiger partial charge in [0.15, 0.2) is 0 Å². The van der Waals surface area contributed by atoms with Crippen LogP contribution in [0, 0.1) is 6.92 Å². The second-order valence-corrected chi connectivity index (χ2v) is 5.80. The van der Waals surface area contributed by atoms with E-state index in [9.17, 15) is 0 Å². The van der Waals surface area contributed by atoms with Crippen molar-refractivity contribution in [3.63, 3.8) is 0 Å². The van der Waals surface area contributed by atoms with Gasteiger partial charge in [-0.25, -0.2) is 0 Å². The molecule has 0 spiro atoms. The minimum atomic E-state index is 0.271. The molecule has 1 N–H and O–H groups in total. The predicted octanol–water partition coefficient (Wildman–Crippen LogP) is 4.87. The summed E-state index contributed by atoms with van der Waals surface area (Å²) in [6.07, 6.45) is 0.841. The SMILES string of the molecule is CNC(Cc1cccc(Cl)c1Cl)c1cscc1C. The van der Waals surface area contributed by atoms with Crippen molar-refractivity contribution < 1.29 is 0 Å². The third-order valence-electron chi connectivity index (χ3n) is 3.07. The summed E-state index contributed by atoms with van der Waals surface area (Å²) in [5.74, 6) is 0. The number of rotatable bonds is 4. The van der Waals surface area contributed by atoms with Crippen LogP contribution in [0.3, 0.4) is 0 Å². The monoisotopic (exact) mass is 299 g/mol. The van der Waals surface area contributed by atoms with Crippen molar-refractivity contribution in [3.8, 4) is 0 Å². The molecule has 0 bridgehead atoms. The average molecular weight is 300 g/mol. The minimum Gasteiger partial charge on any atom is -0.313 e. The van der Waals surface area contributed by atoms with Crippen LogP contribution >= 0.6 is 34.5 Å². The number of likely N-dealkylation sites (N-methyl/N-ethyl adjacent to an activating group) is 1. The van der Waals surface area contributed by atoms with Crippen molar-refractivity contribution in [2.75, 3.05) is 7.05 Å². The highest BCUT2D eigenvalue weighted by atomic mass is 35.5. The zero-order valence-electron chi connectivity index (χ0n) is 10.3. The van der Waals surface area contributed by atoms with E-state index in [4.69, 9.17) is 23.2 Å². The summed E-state index contributed by atoms with van der Waals surface area (Å²) in [4.78, 5) is 0. The van der Waals surface area contributed by atoms with Gasteiger partial charge >= 0.3 is 0 Å². The fourth-order valence-electron chi connectivity index (χ4n) is 2.02. The molecule has 4 heteroatoms. The van der Waals surface area contributed by atoms with Crippen LogP contribution in [0.5, 0.6) is 0 Å². The Balaban J connectivity index is 2.26. The van der Waals surface area contributed by atoms with E-state index in [0.717, 1.165) is 12.0 Å². The maximum Gasteiger partial charge on any atom is 0.0624 e. The van der Waals surface area contributed by atoms with Crippen molar-refractivity contribution in [2.45, 2.75) is 19.4 Å². The van der Waals surface area contributed by atoms with Gasteiger partial charge in [0.25, 0.3) is 0 Å². The van der Waals surface area contributed by atoms with Gasteiger partial charge in [0.1, 0.15) is 0 Å². The van der Waals surface area contributed by atoms with Gasteiger partial charge in [0.05, 0.1) is 10.0 Å². The third kappa shape index (κ3) is 2.89.